The average molecular weight is 490 g/mol. The van der Waals surface area contributed by atoms with Crippen molar-refractivity contribution in [3.05, 3.63) is 75.6 Å². The summed E-state index contributed by atoms with van der Waals surface area (Å²) in [6.07, 6.45) is 6.36. The van der Waals surface area contributed by atoms with Gasteiger partial charge in [0.25, 0.3) is 0 Å². The summed E-state index contributed by atoms with van der Waals surface area (Å²) in [5.41, 5.74) is 2.99. The number of ether oxygens (including phenoxy) is 2. The molecule has 0 atom stereocenters. The maximum Gasteiger partial charge on any atom is 0.407 e. The van der Waals surface area contributed by atoms with Crippen LogP contribution in [-0.2, 0) is 29.0 Å². The van der Waals surface area contributed by atoms with Crippen LogP contribution in [0.3, 0.4) is 0 Å². The maximum atomic E-state index is 12.8. The topological polar surface area (TPSA) is 94.8 Å². The van der Waals surface area contributed by atoms with E-state index in [1.54, 1.807) is 12.1 Å². The van der Waals surface area contributed by atoms with Crippen molar-refractivity contribution in [2.75, 3.05) is 6.54 Å². The lowest BCUT2D eigenvalue weighted by atomic mass is 9.82. The van der Waals surface area contributed by atoms with Crippen LogP contribution >= 0.6 is 0 Å². The van der Waals surface area contributed by atoms with Crippen molar-refractivity contribution in [3.63, 3.8) is 0 Å². The Morgan fingerprint density at radius 3 is 2.47 bits per heavy atom. The first-order chi connectivity index (χ1) is 17.6. The van der Waals surface area contributed by atoms with Crippen molar-refractivity contribution in [1.29, 1.82) is 0 Å². The van der Waals surface area contributed by atoms with Crippen molar-refractivity contribution >= 4 is 23.0 Å². The third-order valence-electron chi connectivity index (χ3n) is 7.34. The Morgan fingerprint density at radius 2 is 1.69 bits per heavy atom. The third kappa shape index (κ3) is 5.61. The molecular weight excluding hydrogens is 458 g/mol. The van der Waals surface area contributed by atoms with E-state index in [2.05, 4.69) is 5.32 Å². The molecule has 36 heavy (non-hydrogen) atoms. The maximum absolute atomic E-state index is 12.8. The highest BCUT2D eigenvalue weighted by Crippen LogP contribution is 2.32. The molecule has 0 aliphatic heterocycles. The van der Waals surface area contributed by atoms with Crippen LogP contribution in [0, 0.1) is 11.8 Å². The van der Waals surface area contributed by atoms with Gasteiger partial charge in [-0.3, -0.25) is 4.79 Å². The van der Waals surface area contributed by atoms with Gasteiger partial charge in [-0.2, -0.15) is 0 Å². The van der Waals surface area contributed by atoms with E-state index in [0.717, 1.165) is 60.6 Å². The van der Waals surface area contributed by atoms with Gasteiger partial charge >= 0.3 is 17.7 Å². The second-order valence-corrected chi connectivity index (χ2v) is 9.79. The van der Waals surface area contributed by atoms with Crippen molar-refractivity contribution in [3.8, 4) is 5.75 Å². The second kappa shape index (κ2) is 11.0. The van der Waals surface area contributed by atoms with Crippen LogP contribution in [0.5, 0.6) is 5.75 Å². The minimum Gasteiger partial charge on any atom is -0.445 e. The smallest absolute Gasteiger partial charge is 0.407 e. The zero-order valence-electron chi connectivity index (χ0n) is 20.3. The Kier molecular flexibility index (Phi) is 7.35. The number of amides is 1. The van der Waals surface area contributed by atoms with E-state index in [0.29, 0.717) is 36.6 Å². The molecule has 0 spiro atoms. The molecule has 188 valence electrons. The molecule has 1 heterocycles. The molecule has 5 rings (SSSR count). The number of esters is 1. The number of rotatable bonds is 6. The summed E-state index contributed by atoms with van der Waals surface area (Å²) in [5.74, 6) is 0.261. The molecule has 1 saturated carbocycles. The van der Waals surface area contributed by atoms with Gasteiger partial charge in [0.1, 0.15) is 17.9 Å². The van der Waals surface area contributed by atoms with E-state index in [1.165, 1.54) is 0 Å². The molecule has 0 radical (unpaired) electrons. The first kappa shape index (κ1) is 24.1. The van der Waals surface area contributed by atoms with Crippen molar-refractivity contribution < 1.29 is 23.5 Å². The Bertz CT molecular complexity index is 1290. The standard InChI is InChI=1S/C29H31NO6/c31-27(35-22-14-15-24-23-8-4-5-9-25(23)28(32)36-26(24)16-22)21-12-10-19(11-13-21)17-30-29(33)34-18-20-6-2-1-3-7-20/h1-3,6-7,14-16,19,21H,4-5,8-13,17-18H2,(H,30,33). The summed E-state index contributed by atoms with van der Waals surface area (Å²) in [4.78, 5) is 37.2. The van der Waals surface area contributed by atoms with Crippen LogP contribution in [0.4, 0.5) is 4.79 Å². The molecule has 1 N–H and O–H groups in total. The summed E-state index contributed by atoms with van der Waals surface area (Å²) in [7, 11) is 0. The summed E-state index contributed by atoms with van der Waals surface area (Å²) < 4.78 is 16.5. The zero-order valence-corrected chi connectivity index (χ0v) is 20.3. The summed E-state index contributed by atoms with van der Waals surface area (Å²) in [6.45, 7) is 0.773. The van der Waals surface area contributed by atoms with E-state index in [9.17, 15) is 14.4 Å². The summed E-state index contributed by atoms with van der Waals surface area (Å²) in [6, 6.07) is 14.9. The quantitative estimate of drug-likeness (QED) is 0.286. The second-order valence-electron chi connectivity index (χ2n) is 9.79. The van der Waals surface area contributed by atoms with Gasteiger partial charge in [-0.15, -0.1) is 0 Å². The predicted octanol–water partition coefficient (Wildman–Crippen LogP) is 5.31. The molecule has 1 amide bonds. The number of nitrogens with one attached hydrogen (secondary N) is 1. The molecule has 7 nitrogen and oxygen atoms in total. The fourth-order valence-corrected chi connectivity index (χ4v) is 5.29. The zero-order chi connectivity index (χ0) is 24.9. The Balaban J connectivity index is 1.10. The van der Waals surface area contributed by atoms with E-state index in [4.69, 9.17) is 13.9 Å². The van der Waals surface area contributed by atoms with Gasteiger partial charge in [0.2, 0.25) is 0 Å². The van der Waals surface area contributed by atoms with Crippen molar-refractivity contribution in [2.24, 2.45) is 11.8 Å². The molecule has 2 aliphatic rings. The highest BCUT2D eigenvalue weighted by Gasteiger charge is 2.28. The highest BCUT2D eigenvalue weighted by atomic mass is 16.5. The molecule has 3 aromatic rings. The fourth-order valence-electron chi connectivity index (χ4n) is 5.29. The van der Waals surface area contributed by atoms with E-state index in [1.807, 2.05) is 36.4 Å². The number of carbonyl (C=O) groups excluding carboxylic acids is 2. The van der Waals surface area contributed by atoms with E-state index >= 15 is 0 Å². The number of fused-ring (bicyclic) bond motifs is 3. The van der Waals surface area contributed by atoms with Gasteiger partial charge in [-0.1, -0.05) is 30.3 Å². The molecule has 2 aliphatic carbocycles. The van der Waals surface area contributed by atoms with Gasteiger partial charge in [0.15, 0.2) is 0 Å². The summed E-state index contributed by atoms with van der Waals surface area (Å²) >= 11 is 0. The molecular formula is C29H31NO6. The van der Waals surface area contributed by atoms with Crippen LogP contribution in [0.1, 0.15) is 55.2 Å². The van der Waals surface area contributed by atoms with Crippen molar-refractivity contribution in [1.82, 2.24) is 5.32 Å². The van der Waals surface area contributed by atoms with Crippen LogP contribution in [0.15, 0.2) is 57.7 Å². The fraction of sp³-hybridized carbons (Fsp3) is 0.414. The number of hydrogen-bond donors (Lipinski definition) is 1. The lowest BCUT2D eigenvalue weighted by Gasteiger charge is -2.27. The highest BCUT2D eigenvalue weighted by molar-refractivity contribution is 5.84. The van der Waals surface area contributed by atoms with Crippen LogP contribution in [0.25, 0.3) is 11.0 Å². The van der Waals surface area contributed by atoms with Crippen molar-refractivity contribution in [2.45, 2.75) is 58.0 Å². The van der Waals surface area contributed by atoms with Crippen LogP contribution in [0.2, 0.25) is 0 Å². The van der Waals surface area contributed by atoms with E-state index < -0.39 is 6.09 Å². The van der Waals surface area contributed by atoms with Gasteiger partial charge in [-0.05, 0) is 80.5 Å². The van der Waals surface area contributed by atoms with E-state index in [-0.39, 0.29) is 24.1 Å². The molecule has 0 bridgehead atoms. The minimum absolute atomic E-state index is 0.183. The Hall–Kier alpha value is -3.61. The number of benzene rings is 2. The molecule has 2 aromatic carbocycles. The number of carbonyl (C=O) groups is 2. The average Bonchev–Trinajstić information content (AvgIpc) is 2.91. The van der Waals surface area contributed by atoms with Gasteiger partial charge in [0, 0.05) is 23.6 Å². The Labute approximate surface area is 209 Å². The number of hydrogen-bond acceptors (Lipinski definition) is 6. The largest absolute Gasteiger partial charge is 0.445 e. The SMILES string of the molecule is O=C(NCC1CCC(C(=O)Oc2ccc3c4c(c(=O)oc3c2)CCCC4)CC1)OCc1ccccc1. The lowest BCUT2D eigenvalue weighted by molar-refractivity contribution is -0.140. The van der Waals surface area contributed by atoms with Crippen LogP contribution < -0.4 is 15.7 Å². The summed E-state index contributed by atoms with van der Waals surface area (Å²) in [5, 5.41) is 3.77. The first-order valence-corrected chi connectivity index (χ1v) is 12.8. The normalized spacial score (nSPS) is 19.3. The number of alkyl carbamates (subject to hydrolysis) is 1. The van der Waals surface area contributed by atoms with Gasteiger partial charge in [-0.25, -0.2) is 9.59 Å². The van der Waals surface area contributed by atoms with Crippen LogP contribution in [-0.4, -0.2) is 18.6 Å². The predicted molar refractivity (Wildman–Crippen MR) is 135 cm³/mol. The molecule has 7 heteroatoms. The lowest BCUT2D eigenvalue weighted by Crippen LogP contribution is -2.33. The molecule has 1 fully saturated rings. The van der Waals surface area contributed by atoms with Gasteiger partial charge < -0.3 is 19.2 Å². The molecule has 0 unspecified atom stereocenters. The molecule has 0 saturated heterocycles. The van der Waals surface area contributed by atoms with Gasteiger partial charge in [0.05, 0.1) is 5.92 Å². The Morgan fingerprint density at radius 1 is 0.944 bits per heavy atom. The monoisotopic (exact) mass is 489 g/mol. The third-order valence-corrected chi connectivity index (χ3v) is 7.34. The minimum atomic E-state index is -0.426. The molecule has 1 aromatic heterocycles. The first-order valence-electron chi connectivity index (χ1n) is 12.8. The number of aryl methyl sites for hydroxylation is 1.